The molecular formula is C20H19ClN4O3. The Morgan fingerprint density at radius 1 is 1.14 bits per heavy atom. The number of hydrogen-bond donors (Lipinski definition) is 1. The topological polar surface area (TPSA) is 78.3 Å². The molecule has 0 unspecified atom stereocenters. The van der Waals surface area contributed by atoms with Crippen molar-refractivity contribution >= 4 is 17.5 Å². The van der Waals surface area contributed by atoms with Crippen LogP contribution in [0, 0.1) is 0 Å². The Morgan fingerprint density at radius 2 is 1.96 bits per heavy atom. The largest absolute Gasteiger partial charge is 0.489 e. The van der Waals surface area contributed by atoms with Crippen LogP contribution in [-0.2, 0) is 13.1 Å². The molecule has 0 saturated heterocycles. The van der Waals surface area contributed by atoms with Crippen molar-refractivity contribution in [3.8, 4) is 11.5 Å². The van der Waals surface area contributed by atoms with E-state index < -0.39 is 0 Å². The number of ether oxygens (including phenoxy) is 2. The van der Waals surface area contributed by atoms with Crippen molar-refractivity contribution in [1.82, 2.24) is 20.3 Å². The lowest BCUT2D eigenvalue weighted by Crippen LogP contribution is -2.23. The minimum Gasteiger partial charge on any atom is -0.489 e. The molecule has 8 heteroatoms. The summed E-state index contributed by atoms with van der Waals surface area (Å²) in [5, 5.41) is 11.3. The lowest BCUT2D eigenvalue weighted by atomic mass is 10.2. The summed E-state index contributed by atoms with van der Waals surface area (Å²) in [6.07, 6.45) is 2.43. The van der Waals surface area contributed by atoms with Crippen LogP contribution in [0.1, 0.15) is 28.0 Å². The van der Waals surface area contributed by atoms with Crippen molar-refractivity contribution < 1.29 is 14.3 Å². The molecule has 0 fully saturated rings. The fourth-order valence-electron chi connectivity index (χ4n) is 2.91. The van der Waals surface area contributed by atoms with Gasteiger partial charge in [0.15, 0.2) is 17.2 Å². The van der Waals surface area contributed by atoms with Gasteiger partial charge in [0.05, 0.1) is 31.0 Å². The van der Waals surface area contributed by atoms with Gasteiger partial charge in [0.1, 0.15) is 0 Å². The third kappa shape index (κ3) is 4.26. The van der Waals surface area contributed by atoms with E-state index in [1.165, 1.54) is 0 Å². The maximum Gasteiger partial charge on any atom is 0.273 e. The van der Waals surface area contributed by atoms with Crippen molar-refractivity contribution in [3.63, 3.8) is 0 Å². The van der Waals surface area contributed by atoms with Gasteiger partial charge in [0.25, 0.3) is 5.91 Å². The molecule has 1 N–H and O–H groups in total. The molecule has 2 aromatic carbocycles. The van der Waals surface area contributed by atoms with E-state index in [4.69, 9.17) is 21.1 Å². The number of halogens is 1. The van der Waals surface area contributed by atoms with Gasteiger partial charge >= 0.3 is 0 Å². The van der Waals surface area contributed by atoms with Crippen LogP contribution >= 0.6 is 11.6 Å². The average Bonchev–Trinajstić information content (AvgIpc) is 3.03. The van der Waals surface area contributed by atoms with Crippen LogP contribution in [0.3, 0.4) is 0 Å². The number of nitrogens with one attached hydrogen (secondary N) is 1. The van der Waals surface area contributed by atoms with Gasteiger partial charge in [-0.05, 0) is 23.3 Å². The maximum atomic E-state index is 12.4. The lowest BCUT2D eigenvalue weighted by molar-refractivity contribution is 0.0945. The number of hydrogen-bond acceptors (Lipinski definition) is 5. The van der Waals surface area contributed by atoms with E-state index >= 15 is 0 Å². The number of fused-ring (bicyclic) bond motifs is 1. The molecule has 2 heterocycles. The summed E-state index contributed by atoms with van der Waals surface area (Å²) in [5.41, 5.74) is 2.16. The summed E-state index contributed by atoms with van der Waals surface area (Å²) in [4.78, 5) is 12.4. The zero-order chi connectivity index (χ0) is 19.3. The Balaban J connectivity index is 1.39. The normalized spacial score (nSPS) is 13.0. The number of carbonyl (C=O) groups excluding carboxylic acids is 1. The average molecular weight is 399 g/mol. The Hall–Kier alpha value is -3.06. The number of aromatic nitrogens is 3. The molecule has 0 atom stereocenters. The monoisotopic (exact) mass is 398 g/mol. The molecular weight excluding hydrogens is 380 g/mol. The van der Waals surface area contributed by atoms with Gasteiger partial charge in [-0.15, -0.1) is 5.10 Å². The molecule has 144 valence electrons. The summed E-state index contributed by atoms with van der Waals surface area (Å²) < 4.78 is 12.9. The third-order valence-electron chi connectivity index (χ3n) is 4.27. The molecule has 0 radical (unpaired) electrons. The van der Waals surface area contributed by atoms with Crippen molar-refractivity contribution in [1.29, 1.82) is 0 Å². The van der Waals surface area contributed by atoms with Gasteiger partial charge in [0, 0.05) is 13.0 Å². The minimum atomic E-state index is -0.303. The molecule has 1 amide bonds. The van der Waals surface area contributed by atoms with Crippen LogP contribution in [0.15, 0.2) is 48.7 Å². The first kappa shape index (κ1) is 18.3. The molecule has 1 aromatic heterocycles. The minimum absolute atomic E-state index is 0.261. The number of benzene rings is 2. The van der Waals surface area contributed by atoms with Gasteiger partial charge in [-0.2, -0.15) is 0 Å². The van der Waals surface area contributed by atoms with Crippen LogP contribution in [0.4, 0.5) is 0 Å². The summed E-state index contributed by atoms with van der Waals surface area (Å²) in [7, 11) is 0. The first-order valence-corrected chi connectivity index (χ1v) is 9.37. The van der Waals surface area contributed by atoms with E-state index in [1.807, 2.05) is 36.4 Å². The number of carbonyl (C=O) groups is 1. The molecule has 0 aliphatic carbocycles. The van der Waals surface area contributed by atoms with Crippen LogP contribution in [0.5, 0.6) is 11.5 Å². The second-order valence-corrected chi connectivity index (χ2v) is 6.83. The van der Waals surface area contributed by atoms with Crippen molar-refractivity contribution in [3.05, 3.63) is 70.5 Å². The number of rotatable bonds is 5. The van der Waals surface area contributed by atoms with E-state index in [-0.39, 0.29) is 11.6 Å². The maximum absolute atomic E-state index is 12.4. The zero-order valence-electron chi connectivity index (χ0n) is 15.1. The smallest absolute Gasteiger partial charge is 0.273 e. The van der Waals surface area contributed by atoms with Crippen molar-refractivity contribution in [2.24, 2.45) is 0 Å². The molecule has 0 bridgehead atoms. The molecule has 0 saturated carbocycles. The highest BCUT2D eigenvalue weighted by Gasteiger charge is 2.17. The van der Waals surface area contributed by atoms with Crippen LogP contribution in [0.25, 0.3) is 0 Å². The highest BCUT2D eigenvalue weighted by atomic mass is 35.5. The Labute approximate surface area is 167 Å². The van der Waals surface area contributed by atoms with E-state index in [9.17, 15) is 4.79 Å². The van der Waals surface area contributed by atoms with E-state index in [1.54, 1.807) is 16.9 Å². The van der Waals surface area contributed by atoms with Crippen LogP contribution in [-0.4, -0.2) is 34.1 Å². The fourth-order valence-corrected chi connectivity index (χ4v) is 3.20. The predicted molar refractivity (Wildman–Crippen MR) is 104 cm³/mol. The lowest BCUT2D eigenvalue weighted by Gasteiger charge is -2.11. The molecule has 7 nitrogen and oxygen atoms in total. The number of nitrogens with zero attached hydrogens (tertiary/aromatic N) is 3. The number of amides is 1. The van der Waals surface area contributed by atoms with Gasteiger partial charge < -0.3 is 14.8 Å². The standard InChI is InChI=1S/C20H19ClN4O3/c21-16-9-15(10-18-19(16)28-8-4-7-27-18)11-22-20(26)17-13-25(24-23-17)12-14-5-2-1-3-6-14/h1-3,5-6,9-10,13H,4,7-8,11-12H2,(H,22,26). The van der Waals surface area contributed by atoms with E-state index in [2.05, 4.69) is 15.6 Å². The van der Waals surface area contributed by atoms with Gasteiger partial charge in [0.2, 0.25) is 0 Å². The predicted octanol–water partition coefficient (Wildman–Crippen LogP) is 3.07. The zero-order valence-corrected chi connectivity index (χ0v) is 15.9. The molecule has 3 aromatic rings. The first-order valence-electron chi connectivity index (χ1n) is 8.99. The summed E-state index contributed by atoms with van der Waals surface area (Å²) in [6.45, 7) is 1.99. The highest BCUT2D eigenvalue weighted by Crippen LogP contribution is 2.37. The second-order valence-electron chi connectivity index (χ2n) is 6.43. The summed E-state index contributed by atoms with van der Waals surface area (Å²) in [5.74, 6) is 0.851. The molecule has 28 heavy (non-hydrogen) atoms. The fraction of sp³-hybridized carbons (Fsp3) is 0.250. The van der Waals surface area contributed by atoms with Crippen molar-refractivity contribution in [2.45, 2.75) is 19.5 Å². The Morgan fingerprint density at radius 3 is 2.82 bits per heavy atom. The third-order valence-corrected chi connectivity index (χ3v) is 4.55. The van der Waals surface area contributed by atoms with Crippen molar-refractivity contribution in [2.75, 3.05) is 13.2 Å². The first-order chi connectivity index (χ1) is 13.7. The molecule has 1 aliphatic heterocycles. The highest BCUT2D eigenvalue weighted by molar-refractivity contribution is 6.32. The Kier molecular flexibility index (Phi) is 5.43. The molecule has 4 rings (SSSR count). The Bertz CT molecular complexity index is 975. The van der Waals surface area contributed by atoms with Crippen LogP contribution in [0.2, 0.25) is 5.02 Å². The summed E-state index contributed by atoms with van der Waals surface area (Å²) >= 11 is 6.29. The van der Waals surface area contributed by atoms with E-state index in [0.29, 0.717) is 42.8 Å². The SMILES string of the molecule is O=C(NCc1cc(Cl)c2c(c1)OCCCO2)c1cn(Cc2ccccc2)nn1. The van der Waals surface area contributed by atoms with Gasteiger partial charge in [-0.1, -0.05) is 47.1 Å². The van der Waals surface area contributed by atoms with E-state index in [0.717, 1.165) is 17.5 Å². The summed E-state index contributed by atoms with van der Waals surface area (Å²) in [6, 6.07) is 13.5. The van der Waals surface area contributed by atoms with Gasteiger partial charge in [-0.3, -0.25) is 4.79 Å². The molecule has 0 spiro atoms. The molecule has 1 aliphatic rings. The van der Waals surface area contributed by atoms with Gasteiger partial charge in [-0.25, -0.2) is 4.68 Å². The second kappa shape index (κ2) is 8.31. The quantitative estimate of drug-likeness (QED) is 0.714. The van der Waals surface area contributed by atoms with Crippen LogP contribution < -0.4 is 14.8 Å².